The third-order valence-corrected chi connectivity index (χ3v) is 5.79. The van der Waals surface area contributed by atoms with Crippen molar-refractivity contribution in [2.24, 2.45) is 0 Å². The number of nitrogens with zero attached hydrogens (tertiary/aromatic N) is 1. The van der Waals surface area contributed by atoms with E-state index < -0.39 is 10.0 Å². The van der Waals surface area contributed by atoms with E-state index in [1.165, 1.54) is 17.0 Å². The largest absolute Gasteiger partial charge is 0.337 e. The Balaban J connectivity index is 1.81. The van der Waals surface area contributed by atoms with E-state index in [1.807, 2.05) is 31.2 Å². The number of hydrogen-bond donors (Lipinski definition) is 2. The SMILES string of the molecule is Cc1ccc(CN(CCNC(=O)NC2CCCCC2)S(C)(=O)=O)cc1. The maximum absolute atomic E-state index is 12.0. The van der Waals surface area contributed by atoms with Crippen LogP contribution in [-0.4, -0.2) is 44.1 Å². The molecule has 1 saturated carbocycles. The van der Waals surface area contributed by atoms with E-state index >= 15 is 0 Å². The Morgan fingerprint density at radius 2 is 1.80 bits per heavy atom. The number of urea groups is 1. The van der Waals surface area contributed by atoms with Crippen molar-refractivity contribution in [3.63, 3.8) is 0 Å². The zero-order chi connectivity index (χ0) is 18.3. The van der Waals surface area contributed by atoms with Crippen LogP contribution in [0.1, 0.15) is 43.2 Å². The predicted molar refractivity (Wildman–Crippen MR) is 99.8 cm³/mol. The van der Waals surface area contributed by atoms with Crippen LogP contribution in [0.3, 0.4) is 0 Å². The lowest BCUT2D eigenvalue weighted by Gasteiger charge is -2.24. The second-order valence-electron chi connectivity index (χ2n) is 6.82. The van der Waals surface area contributed by atoms with Gasteiger partial charge in [0.2, 0.25) is 10.0 Å². The van der Waals surface area contributed by atoms with Crippen LogP contribution in [0.5, 0.6) is 0 Å². The van der Waals surface area contributed by atoms with Crippen molar-refractivity contribution in [2.75, 3.05) is 19.3 Å². The summed E-state index contributed by atoms with van der Waals surface area (Å²) < 4.78 is 25.4. The molecule has 1 aromatic rings. The number of benzene rings is 1. The minimum atomic E-state index is -3.34. The summed E-state index contributed by atoms with van der Waals surface area (Å²) in [4.78, 5) is 11.9. The number of rotatable bonds is 7. The minimum Gasteiger partial charge on any atom is -0.337 e. The number of carbonyl (C=O) groups is 1. The van der Waals surface area contributed by atoms with Crippen molar-refractivity contribution in [1.29, 1.82) is 0 Å². The van der Waals surface area contributed by atoms with Crippen LogP contribution in [0.2, 0.25) is 0 Å². The average Bonchev–Trinajstić information content (AvgIpc) is 2.56. The summed E-state index contributed by atoms with van der Waals surface area (Å²) in [6, 6.07) is 7.81. The van der Waals surface area contributed by atoms with Gasteiger partial charge in [-0.25, -0.2) is 13.2 Å². The van der Waals surface area contributed by atoms with Crippen LogP contribution in [0.15, 0.2) is 24.3 Å². The van der Waals surface area contributed by atoms with E-state index in [4.69, 9.17) is 0 Å². The topological polar surface area (TPSA) is 78.5 Å². The normalized spacial score (nSPS) is 16.0. The summed E-state index contributed by atoms with van der Waals surface area (Å²) in [6.07, 6.45) is 6.80. The molecule has 2 rings (SSSR count). The van der Waals surface area contributed by atoms with Crippen LogP contribution in [0.4, 0.5) is 4.79 Å². The second-order valence-corrected chi connectivity index (χ2v) is 8.80. The van der Waals surface area contributed by atoms with Gasteiger partial charge in [0.1, 0.15) is 0 Å². The molecule has 2 amide bonds. The molecular weight excluding hydrogens is 338 g/mol. The van der Waals surface area contributed by atoms with Gasteiger partial charge < -0.3 is 10.6 Å². The highest BCUT2D eigenvalue weighted by atomic mass is 32.2. The van der Waals surface area contributed by atoms with Crippen molar-refractivity contribution in [1.82, 2.24) is 14.9 Å². The van der Waals surface area contributed by atoms with E-state index in [0.29, 0.717) is 6.54 Å². The number of nitrogens with one attached hydrogen (secondary N) is 2. The second kappa shape index (κ2) is 9.20. The fourth-order valence-electron chi connectivity index (χ4n) is 3.04. The number of aryl methyl sites for hydroxylation is 1. The summed E-state index contributed by atoms with van der Waals surface area (Å²) in [5, 5.41) is 5.74. The highest BCUT2D eigenvalue weighted by Gasteiger charge is 2.18. The molecule has 1 fully saturated rings. The van der Waals surface area contributed by atoms with Crippen LogP contribution < -0.4 is 10.6 Å². The molecule has 0 spiro atoms. The van der Waals surface area contributed by atoms with Crippen molar-refractivity contribution in [3.05, 3.63) is 35.4 Å². The zero-order valence-electron chi connectivity index (χ0n) is 15.1. The molecule has 6 nitrogen and oxygen atoms in total. The van der Waals surface area contributed by atoms with Crippen LogP contribution in [0, 0.1) is 6.92 Å². The van der Waals surface area contributed by atoms with E-state index in [2.05, 4.69) is 10.6 Å². The number of carbonyl (C=O) groups excluding carboxylic acids is 1. The molecule has 140 valence electrons. The molecule has 1 aliphatic carbocycles. The Labute approximate surface area is 151 Å². The molecule has 25 heavy (non-hydrogen) atoms. The zero-order valence-corrected chi connectivity index (χ0v) is 15.9. The molecule has 0 heterocycles. The lowest BCUT2D eigenvalue weighted by atomic mass is 9.96. The highest BCUT2D eigenvalue weighted by molar-refractivity contribution is 7.88. The average molecular weight is 368 g/mol. The third kappa shape index (κ3) is 7.04. The van der Waals surface area contributed by atoms with Crippen molar-refractivity contribution in [3.8, 4) is 0 Å². The Morgan fingerprint density at radius 1 is 1.16 bits per heavy atom. The maximum atomic E-state index is 12.0. The first-order valence-electron chi connectivity index (χ1n) is 8.89. The molecule has 1 aliphatic rings. The van der Waals surface area contributed by atoms with Crippen LogP contribution in [-0.2, 0) is 16.6 Å². The summed E-state index contributed by atoms with van der Waals surface area (Å²) in [7, 11) is -3.34. The van der Waals surface area contributed by atoms with E-state index in [1.54, 1.807) is 0 Å². The Kier molecular flexibility index (Phi) is 7.25. The molecule has 2 N–H and O–H groups in total. The van der Waals surface area contributed by atoms with Crippen molar-refractivity contribution in [2.45, 2.75) is 51.6 Å². The van der Waals surface area contributed by atoms with Gasteiger partial charge in [-0.1, -0.05) is 49.1 Å². The van der Waals surface area contributed by atoms with Gasteiger partial charge in [-0.05, 0) is 25.3 Å². The summed E-state index contributed by atoms with van der Waals surface area (Å²) in [6.45, 7) is 2.85. The fraction of sp³-hybridized carbons (Fsp3) is 0.611. The first-order valence-corrected chi connectivity index (χ1v) is 10.7. The van der Waals surface area contributed by atoms with Gasteiger partial charge in [-0.2, -0.15) is 4.31 Å². The molecule has 0 atom stereocenters. The molecule has 0 aromatic heterocycles. The molecule has 0 saturated heterocycles. The minimum absolute atomic E-state index is 0.212. The van der Waals surface area contributed by atoms with E-state index in [-0.39, 0.29) is 25.2 Å². The predicted octanol–water partition coefficient (Wildman–Crippen LogP) is 2.39. The van der Waals surface area contributed by atoms with E-state index in [9.17, 15) is 13.2 Å². The standard InChI is InChI=1S/C18H29N3O3S/c1-15-8-10-16(11-9-15)14-21(25(2,23)24)13-12-19-18(22)20-17-6-4-3-5-7-17/h8-11,17H,3-7,12-14H2,1-2H3,(H2,19,20,22). The van der Waals surface area contributed by atoms with Gasteiger partial charge in [0.05, 0.1) is 6.26 Å². The highest BCUT2D eigenvalue weighted by Crippen LogP contribution is 2.17. The van der Waals surface area contributed by atoms with Gasteiger partial charge >= 0.3 is 6.03 Å². The summed E-state index contributed by atoms with van der Waals surface area (Å²) in [5.41, 5.74) is 2.07. The van der Waals surface area contributed by atoms with Gasteiger partial charge in [-0.15, -0.1) is 0 Å². The molecular formula is C18H29N3O3S. The van der Waals surface area contributed by atoms with E-state index in [0.717, 1.165) is 36.8 Å². The molecule has 1 aromatic carbocycles. The monoisotopic (exact) mass is 367 g/mol. The molecule has 0 bridgehead atoms. The first-order chi connectivity index (χ1) is 11.8. The lowest BCUT2D eigenvalue weighted by Crippen LogP contribution is -2.45. The Morgan fingerprint density at radius 3 is 2.40 bits per heavy atom. The fourth-order valence-corrected chi connectivity index (χ4v) is 3.84. The van der Waals surface area contributed by atoms with Crippen molar-refractivity contribution < 1.29 is 13.2 Å². The first kappa shape index (κ1) is 19.7. The maximum Gasteiger partial charge on any atom is 0.315 e. The van der Waals surface area contributed by atoms with Crippen LogP contribution in [0.25, 0.3) is 0 Å². The molecule has 0 radical (unpaired) electrons. The summed E-state index contributed by atoms with van der Waals surface area (Å²) >= 11 is 0. The van der Waals surface area contributed by atoms with Crippen LogP contribution >= 0.6 is 0 Å². The lowest BCUT2D eigenvalue weighted by molar-refractivity contribution is 0.231. The molecule has 0 aliphatic heterocycles. The van der Waals surface area contributed by atoms with Gasteiger partial charge in [-0.3, -0.25) is 0 Å². The Hall–Kier alpha value is -1.60. The van der Waals surface area contributed by atoms with Gasteiger partial charge in [0, 0.05) is 25.7 Å². The number of sulfonamides is 1. The summed E-state index contributed by atoms with van der Waals surface area (Å²) in [5.74, 6) is 0. The third-order valence-electron chi connectivity index (χ3n) is 4.54. The number of amides is 2. The van der Waals surface area contributed by atoms with Gasteiger partial charge in [0.15, 0.2) is 0 Å². The molecule has 0 unspecified atom stereocenters. The quantitative estimate of drug-likeness (QED) is 0.777. The smallest absolute Gasteiger partial charge is 0.315 e. The van der Waals surface area contributed by atoms with Gasteiger partial charge in [0.25, 0.3) is 0 Å². The Bertz CT molecular complexity index is 653. The van der Waals surface area contributed by atoms with Crippen molar-refractivity contribution >= 4 is 16.1 Å². The number of hydrogen-bond acceptors (Lipinski definition) is 3. The molecule has 7 heteroatoms.